The molecule has 14 heavy (non-hydrogen) atoms. The fraction of sp³-hybridized carbons (Fsp3) is 0.308. The molecule has 0 aromatic heterocycles. The molecule has 0 saturated heterocycles. The number of unbranched alkanes of at least 4 members (excludes halogenated alkanes) is 2. The third-order valence-electron chi connectivity index (χ3n) is 1.99. The largest absolute Gasteiger partial charge is 0.293 e. The molecule has 0 fully saturated rings. The molecule has 74 valence electrons. The van der Waals surface area contributed by atoms with Gasteiger partial charge in [-0.25, -0.2) is 0 Å². The summed E-state index contributed by atoms with van der Waals surface area (Å²) in [6, 6.07) is 10.2. The molecule has 1 aromatic carbocycles. The zero-order chi connectivity index (χ0) is 10.1. The smallest absolute Gasteiger partial charge is 0.0389 e. The summed E-state index contributed by atoms with van der Waals surface area (Å²) in [6.45, 7) is 4.61. The minimum absolute atomic E-state index is 0.919. The van der Waals surface area contributed by atoms with E-state index >= 15 is 0 Å². The van der Waals surface area contributed by atoms with Gasteiger partial charge in [0.25, 0.3) is 0 Å². The van der Waals surface area contributed by atoms with Crippen LogP contribution >= 0.6 is 0 Å². The highest BCUT2D eigenvalue weighted by molar-refractivity contribution is 5.79. The summed E-state index contributed by atoms with van der Waals surface area (Å²) in [5, 5.41) is 0. The Labute approximate surface area is 86.2 Å². The summed E-state index contributed by atoms with van der Waals surface area (Å²) in [5.41, 5.74) is 1.18. The molecule has 0 aliphatic rings. The lowest BCUT2D eigenvalue weighted by atomic mass is 10.2. The number of allylic oxidation sites excluding steroid dienone is 1. The Morgan fingerprint density at radius 1 is 1.14 bits per heavy atom. The molecular formula is C13H17N. The molecule has 0 amide bonds. The number of rotatable bonds is 6. The van der Waals surface area contributed by atoms with E-state index in [2.05, 4.69) is 23.7 Å². The van der Waals surface area contributed by atoms with Crippen LogP contribution in [-0.4, -0.2) is 12.8 Å². The van der Waals surface area contributed by atoms with Crippen LogP contribution in [0.25, 0.3) is 0 Å². The van der Waals surface area contributed by atoms with E-state index in [-0.39, 0.29) is 0 Å². The van der Waals surface area contributed by atoms with Gasteiger partial charge in [0.2, 0.25) is 0 Å². The van der Waals surface area contributed by atoms with E-state index in [1.807, 2.05) is 30.5 Å². The first kappa shape index (κ1) is 10.7. The number of aliphatic imine (C=N–C) groups is 1. The van der Waals surface area contributed by atoms with Gasteiger partial charge in [0, 0.05) is 12.8 Å². The lowest BCUT2D eigenvalue weighted by molar-refractivity contribution is 0.761. The van der Waals surface area contributed by atoms with E-state index in [0.29, 0.717) is 0 Å². The van der Waals surface area contributed by atoms with Crippen LogP contribution in [0.15, 0.2) is 48.0 Å². The summed E-state index contributed by atoms with van der Waals surface area (Å²) in [5.74, 6) is 0. The molecule has 0 spiro atoms. The molecule has 0 saturated carbocycles. The van der Waals surface area contributed by atoms with Crippen LogP contribution in [-0.2, 0) is 0 Å². The minimum Gasteiger partial charge on any atom is -0.293 e. The number of benzene rings is 1. The summed E-state index contributed by atoms with van der Waals surface area (Å²) in [6.07, 6.45) is 7.33. The van der Waals surface area contributed by atoms with Crippen LogP contribution in [0.1, 0.15) is 24.8 Å². The van der Waals surface area contributed by atoms with Crippen molar-refractivity contribution in [3.05, 3.63) is 48.6 Å². The molecule has 0 aliphatic carbocycles. The normalized spacial score (nSPS) is 10.6. The Morgan fingerprint density at radius 3 is 2.64 bits per heavy atom. The van der Waals surface area contributed by atoms with Gasteiger partial charge < -0.3 is 0 Å². The number of hydrogen-bond donors (Lipinski definition) is 0. The van der Waals surface area contributed by atoms with Crippen molar-refractivity contribution in [1.29, 1.82) is 0 Å². The third kappa shape index (κ3) is 4.61. The first-order valence-electron chi connectivity index (χ1n) is 5.09. The highest BCUT2D eigenvalue weighted by Gasteiger charge is 1.85. The third-order valence-corrected chi connectivity index (χ3v) is 1.99. The first-order chi connectivity index (χ1) is 6.93. The molecule has 0 N–H and O–H groups in total. The SMILES string of the molecule is C=CCCCCN=Cc1ccccc1. The van der Waals surface area contributed by atoms with Crippen LogP contribution in [0.3, 0.4) is 0 Å². The summed E-state index contributed by atoms with van der Waals surface area (Å²) < 4.78 is 0. The van der Waals surface area contributed by atoms with E-state index in [4.69, 9.17) is 0 Å². The second-order valence-corrected chi connectivity index (χ2v) is 3.23. The van der Waals surface area contributed by atoms with Gasteiger partial charge in [-0.1, -0.05) is 36.4 Å². The maximum atomic E-state index is 4.35. The molecule has 0 heterocycles. The van der Waals surface area contributed by atoms with Gasteiger partial charge in [-0.2, -0.15) is 0 Å². The zero-order valence-corrected chi connectivity index (χ0v) is 8.52. The molecular weight excluding hydrogens is 170 g/mol. The Bertz CT molecular complexity index is 275. The van der Waals surface area contributed by atoms with Crippen molar-refractivity contribution in [2.24, 2.45) is 4.99 Å². The van der Waals surface area contributed by atoms with Crippen LogP contribution < -0.4 is 0 Å². The molecule has 0 radical (unpaired) electrons. The van der Waals surface area contributed by atoms with Crippen molar-refractivity contribution in [1.82, 2.24) is 0 Å². The van der Waals surface area contributed by atoms with Gasteiger partial charge in [0.05, 0.1) is 0 Å². The predicted octanol–water partition coefficient (Wildman–Crippen LogP) is 3.46. The maximum absolute atomic E-state index is 4.35. The maximum Gasteiger partial charge on any atom is 0.0389 e. The summed E-state index contributed by atoms with van der Waals surface area (Å²) in [7, 11) is 0. The van der Waals surface area contributed by atoms with Gasteiger partial charge in [0.1, 0.15) is 0 Å². The van der Waals surface area contributed by atoms with Gasteiger partial charge >= 0.3 is 0 Å². The highest BCUT2D eigenvalue weighted by Crippen LogP contribution is 1.97. The van der Waals surface area contributed by atoms with Crippen molar-refractivity contribution in [2.45, 2.75) is 19.3 Å². The van der Waals surface area contributed by atoms with Crippen molar-refractivity contribution < 1.29 is 0 Å². The van der Waals surface area contributed by atoms with Crippen LogP contribution in [0.4, 0.5) is 0 Å². The zero-order valence-electron chi connectivity index (χ0n) is 8.52. The molecule has 0 aliphatic heterocycles. The van der Waals surface area contributed by atoms with Gasteiger partial charge in [-0.3, -0.25) is 4.99 Å². The lowest BCUT2D eigenvalue weighted by Gasteiger charge is -1.93. The Hall–Kier alpha value is -1.37. The average molecular weight is 187 g/mol. The van der Waals surface area contributed by atoms with Crippen molar-refractivity contribution in [3.63, 3.8) is 0 Å². The molecule has 1 aromatic rings. The van der Waals surface area contributed by atoms with E-state index in [9.17, 15) is 0 Å². The van der Waals surface area contributed by atoms with E-state index in [1.54, 1.807) is 0 Å². The van der Waals surface area contributed by atoms with Crippen LogP contribution in [0, 0.1) is 0 Å². The Balaban J connectivity index is 2.18. The van der Waals surface area contributed by atoms with E-state index in [0.717, 1.165) is 19.4 Å². The molecule has 0 bridgehead atoms. The van der Waals surface area contributed by atoms with Gasteiger partial charge in [0.15, 0.2) is 0 Å². The van der Waals surface area contributed by atoms with Crippen LogP contribution in [0.2, 0.25) is 0 Å². The lowest BCUT2D eigenvalue weighted by Crippen LogP contribution is -1.84. The Kier molecular flexibility index (Phi) is 5.41. The number of hydrogen-bond acceptors (Lipinski definition) is 1. The second kappa shape index (κ2) is 7.07. The first-order valence-corrected chi connectivity index (χ1v) is 5.09. The Morgan fingerprint density at radius 2 is 1.93 bits per heavy atom. The molecule has 1 rings (SSSR count). The summed E-state index contributed by atoms with van der Waals surface area (Å²) >= 11 is 0. The summed E-state index contributed by atoms with van der Waals surface area (Å²) in [4.78, 5) is 4.35. The van der Waals surface area contributed by atoms with Crippen molar-refractivity contribution >= 4 is 6.21 Å². The fourth-order valence-corrected chi connectivity index (χ4v) is 1.20. The standard InChI is InChI=1S/C13H17N/c1-2-3-4-8-11-14-12-13-9-6-5-7-10-13/h2,5-7,9-10,12H,1,3-4,8,11H2. The quantitative estimate of drug-likeness (QED) is 0.367. The molecule has 1 nitrogen and oxygen atoms in total. The second-order valence-electron chi connectivity index (χ2n) is 3.23. The molecule has 0 atom stereocenters. The molecule has 1 heteroatoms. The molecule has 0 unspecified atom stereocenters. The van der Waals surface area contributed by atoms with Gasteiger partial charge in [-0.05, 0) is 24.8 Å². The number of nitrogens with zero attached hydrogens (tertiary/aromatic N) is 1. The van der Waals surface area contributed by atoms with Gasteiger partial charge in [-0.15, -0.1) is 6.58 Å². The fourth-order valence-electron chi connectivity index (χ4n) is 1.20. The van der Waals surface area contributed by atoms with E-state index in [1.165, 1.54) is 12.0 Å². The monoisotopic (exact) mass is 187 g/mol. The topological polar surface area (TPSA) is 12.4 Å². The van der Waals surface area contributed by atoms with Crippen molar-refractivity contribution in [3.8, 4) is 0 Å². The van der Waals surface area contributed by atoms with E-state index < -0.39 is 0 Å². The predicted molar refractivity (Wildman–Crippen MR) is 63.0 cm³/mol. The minimum atomic E-state index is 0.919. The van der Waals surface area contributed by atoms with Crippen molar-refractivity contribution in [2.75, 3.05) is 6.54 Å². The van der Waals surface area contributed by atoms with Crippen LogP contribution in [0.5, 0.6) is 0 Å². The average Bonchev–Trinajstić information content (AvgIpc) is 2.25. The highest BCUT2D eigenvalue weighted by atomic mass is 14.7.